The Bertz CT molecular complexity index is 1060. The predicted molar refractivity (Wildman–Crippen MR) is 98.0 cm³/mol. The summed E-state index contributed by atoms with van der Waals surface area (Å²) in [7, 11) is 1.58. The molecule has 1 fully saturated rings. The Morgan fingerprint density at radius 2 is 2.12 bits per heavy atom. The molecule has 2 heterocycles. The van der Waals surface area contributed by atoms with E-state index in [1.54, 1.807) is 7.11 Å². The standard InChI is InChI=1S/C18H19N7O/c1-9-21-7-10(8-22-9)12-6-13(12)16(19)24-17-11-4-3-5-14(26-2)15(11)23-18(20)25-17/h3-5,7-8,12-13H,6H2,1-2H3,(H4,19,20,23,24,25). The first-order valence-electron chi connectivity index (χ1n) is 8.31. The van der Waals surface area contributed by atoms with E-state index in [9.17, 15) is 0 Å². The highest BCUT2D eigenvalue weighted by atomic mass is 16.5. The van der Waals surface area contributed by atoms with Crippen LogP contribution < -0.4 is 16.0 Å². The highest BCUT2D eigenvalue weighted by molar-refractivity contribution is 5.89. The number of anilines is 1. The zero-order valence-corrected chi connectivity index (χ0v) is 14.5. The van der Waals surface area contributed by atoms with Crippen LogP contribution in [-0.2, 0) is 0 Å². The number of nitrogen functional groups attached to an aromatic ring is 1. The summed E-state index contributed by atoms with van der Waals surface area (Å²) in [4.78, 5) is 20.2. The topological polar surface area (TPSA) is 126 Å². The van der Waals surface area contributed by atoms with Crippen LogP contribution in [0.25, 0.3) is 10.9 Å². The summed E-state index contributed by atoms with van der Waals surface area (Å²) in [5, 5.41) is 9.15. The Kier molecular flexibility index (Phi) is 3.87. The van der Waals surface area contributed by atoms with E-state index in [-0.39, 0.29) is 17.8 Å². The van der Waals surface area contributed by atoms with Gasteiger partial charge in [0.15, 0.2) is 5.95 Å². The third-order valence-corrected chi connectivity index (χ3v) is 4.56. The smallest absolute Gasteiger partial charge is 0.199 e. The first-order chi connectivity index (χ1) is 12.6. The summed E-state index contributed by atoms with van der Waals surface area (Å²) >= 11 is 0. The lowest BCUT2D eigenvalue weighted by atomic mass is 10.2. The molecule has 26 heavy (non-hydrogen) atoms. The zero-order chi connectivity index (χ0) is 18.3. The fraction of sp³-hybridized carbons (Fsp3) is 0.278. The maximum absolute atomic E-state index is 8.39. The molecule has 132 valence electrons. The Balaban J connectivity index is 1.68. The van der Waals surface area contributed by atoms with E-state index in [0.717, 1.165) is 23.2 Å². The number of H-pyrrole nitrogens is 1. The van der Waals surface area contributed by atoms with Gasteiger partial charge in [0.25, 0.3) is 0 Å². The van der Waals surface area contributed by atoms with Crippen LogP contribution in [0.15, 0.2) is 35.6 Å². The van der Waals surface area contributed by atoms with Crippen LogP contribution in [0.4, 0.5) is 5.95 Å². The van der Waals surface area contributed by atoms with Gasteiger partial charge in [-0.1, -0.05) is 6.07 Å². The molecule has 8 heteroatoms. The number of nitrogens with two attached hydrogens (primary N) is 1. The maximum atomic E-state index is 8.39. The minimum absolute atomic E-state index is 0.0600. The fourth-order valence-electron chi connectivity index (χ4n) is 3.08. The highest BCUT2D eigenvalue weighted by Crippen LogP contribution is 2.47. The molecule has 0 radical (unpaired) electrons. The number of rotatable bonds is 3. The molecule has 2 aromatic heterocycles. The van der Waals surface area contributed by atoms with Crippen LogP contribution in [0.5, 0.6) is 5.75 Å². The lowest BCUT2D eigenvalue weighted by Crippen LogP contribution is -2.16. The number of methoxy groups -OCH3 is 1. The molecule has 8 nitrogen and oxygen atoms in total. The Morgan fingerprint density at radius 3 is 2.85 bits per heavy atom. The fourth-order valence-corrected chi connectivity index (χ4v) is 3.08. The third-order valence-electron chi connectivity index (χ3n) is 4.56. The Morgan fingerprint density at radius 1 is 1.35 bits per heavy atom. The van der Waals surface area contributed by atoms with E-state index < -0.39 is 0 Å². The number of amidine groups is 1. The van der Waals surface area contributed by atoms with Crippen LogP contribution in [0.1, 0.15) is 23.7 Å². The monoisotopic (exact) mass is 349 g/mol. The molecule has 4 rings (SSSR count). The van der Waals surface area contributed by atoms with Crippen molar-refractivity contribution in [3.63, 3.8) is 0 Å². The summed E-state index contributed by atoms with van der Waals surface area (Å²) in [6.07, 6.45) is 4.53. The number of nitrogens with one attached hydrogen (secondary N) is 2. The molecular weight excluding hydrogens is 330 g/mol. The highest BCUT2D eigenvalue weighted by Gasteiger charge is 2.42. The number of ether oxygens (including phenoxy) is 1. The van der Waals surface area contributed by atoms with E-state index in [4.69, 9.17) is 15.9 Å². The van der Waals surface area contributed by atoms with Gasteiger partial charge in [0.05, 0.1) is 7.11 Å². The van der Waals surface area contributed by atoms with Crippen molar-refractivity contribution in [2.75, 3.05) is 12.8 Å². The van der Waals surface area contributed by atoms with Crippen molar-refractivity contribution in [3.05, 3.63) is 47.5 Å². The maximum Gasteiger partial charge on any atom is 0.199 e. The predicted octanol–water partition coefficient (Wildman–Crippen LogP) is 1.93. The first-order valence-corrected chi connectivity index (χ1v) is 8.31. The molecule has 0 aliphatic heterocycles. The molecule has 4 N–H and O–H groups in total. The zero-order valence-electron chi connectivity index (χ0n) is 14.5. The molecule has 0 amide bonds. The summed E-state index contributed by atoms with van der Waals surface area (Å²) in [6, 6.07) is 5.56. The van der Waals surface area contributed by atoms with Gasteiger partial charge in [0.1, 0.15) is 28.4 Å². The van der Waals surface area contributed by atoms with Crippen molar-refractivity contribution in [1.29, 1.82) is 5.41 Å². The molecule has 1 saturated carbocycles. The lowest BCUT2D eigenvalue weighted by Gasteiger charge is -2.06. The number of fused-ring (bicyclic) bond motifs is 1. The SMILES string of the molecule is COc1cccc2/c(=N/C(=N)C3CC3c3cnc(C)nc3)[nH]c(N)nc12. The number of aryl methyl sites for hydroxylation is 1. The summed E-state index contributed by atoms with van der Waals surface area (Å²) in [6.45, 7) is 1.86. The number of nitrogens with zero attached hydrogens (tertiary/aromatic N) is 4. The second-order valence-corrected chi connectivity index (χ2v) is 6.34. The number of hydrogen-bond donors (Lipinski definition) is 3. The normalized spacial score (nSPS) is 19.5. The van der Waals surface area contributed by atoms with E-state index in [2.05, 4.69) is 24.9 Å². The first kappa shape index (κ1) is 16.2. The lowest BCUT2D eigenvalue weighted by molar-refractivity contribution is 0.419. The summed E-state index contributed by atoms with van der Waals surface area (Å²) in [5.74, 6) is 2.20. The van der Waals surface area contributed by atoms with Crippen LogP contribution >= 0.6 is 0 Å². The van der Waals surface area contributed by atoms with Gasteiger partial charge in [0, 0.05) is 23.7 Å². The van der Waals surface area contributed by atoms with Crippen LogP contribution in [-0.4, -0.2) is 32.9 Å². The van der Waals surface area contributed by atoms with Crippen LogP contribution in [0, 0.1) is 18.3 Å². The van der Waals surface area contributed by atoms with Crippen LogP contribution in [0.2, 0.25) is 0 Å². The number of aromatic amines is 1. The minimum Gasteiger partial charge on any atom is -0.494 e. The van der Waals surface area contributed by atoms with Gasteiger partial charge in [-0.3, -0.25) is 5.41 Å². The average Bonchev–Trinajstić information content (AvgIpc) is 3.42. The number of aromatic nitrogens is 4. The quantitative estimate of drug-likeness (QED) is 0.492. The van der Waals surface area contributed by atoms with Crippen molar-refractivity contribution in [2.45, 2.75) is 19.3 Å². The molecule has 0 spiro atoms. The second kappa shape index (κ2) is 6.21. The van der Waals surface area contributed by atoms with Gasteiger partial charge in [0.2, 0.25) is 0 Å². The number of hydrogen-bond acceptors (Lipinski definition) is 6. The Hall–Kier alpha value is -3.29. The van der Waals surface area contributed by atoms with Gasteiger partial charge < -0.3 is 15.5 Å². The van der Waals surface area contributed by atoms with Gasteiger partial charge in [-0.25, -0.2) is 19.9 Å². The molecular formula is C18H19N7O. The van der Waals surface area contributed by atoms with Gasteiger partial charge in [-0.15, -0.1) is 0 Å². The van der Waals surface area contributed by atoms with Gasteiger partial charge in [-0.05, 0) is 37.0 Å². The molecule has 0 bridgehead atoms. The van der Waals surface area contributed by atoms with Crippen molar-refractivity contribution >= 4 is 22.7 Å². The van der Waals surface area contributed by atoms with Gasteiger partial charge >= 0.3 is 0 Å². The largest absolute Gasteiger partial charge is 0.494 e. The second-order valence-electron chi connectivity index (χ2n) is 6.34. The van der Waals surface area contributed by atoms with Crippen molar-refractivity contribution < 1.29 is 4.74 Å². The summed E-state index contributed by atoms with van der Waals surface area (Å²) in [5.41, 5.74) is 8.06. The molecule has 1 aliphatic rings. The van der Waals surface area contributed by atoms with Crippen molar-refractivity contribution in [2.24, 2.45) is 10.9 Å². The van der Waals surface area contributed by atoms with Crippen LogP contribution in [0.3, 0.4) is 0 Å². The van der Waals surface area contributed by atoms with Crippen molar-refractivity contribution in [1.82, 2.24) is 19.9 Å². The molecule has 3 aromatic rings. The van der Waals surface area contributed by atoms with E-state index in [1.165, 1.54) is 0 Å². The molecule has 2 unspecified atom stereocenters. The van der Waals surface area contributed by atoms with Gasteiger partial charge in [-0.2, -0.15) is 0 Å². The van der Waals surface area contributed by atoms with E-state index in [1.807, 2.05) is 37.5 Å². The number of para-hydroxylation sites is 1. The average molecular weight is 349 g/mol. The van der Waals surface area contributed by atoms with Crippen molar-refractivity contribution in [3.8, 4) is 5.75 Å². The Labute approximate surface area is 149 Å². The van der Waals surface area contributed by atoms with E-state index >= 15 is 0 Å². The molecule has 1 aromatic carbocycles. The molecule has 2 atom stereocenters. The molecule has 0 saturated heterocycles. The summed E-state index contributed by atoms with van der Waals surface area (Å²) < 4.78 is 5.35. The van der Waals surface area contributed by atoms with E-state index in [0.29, 0.717) is 22.6 Å². The molecule has 1 aliphatic carbocycles. The minimum atomic E-state index is 0.0600. The number of benzene rings is 1. The third kappa shape index (κ3) is 2.90.